The summed E-state index contributed by atoms with van der Waals surface area (Å²) < 4.78 is 0. The van der Waals surface area contributed by atoms with Crippen molar-refractivity contribution in [2.45, 2.75) is 37.8 Å². The van der Waals surface area contributed by atoms with Gasteiger partial charge in [-0.15, -0.1) is 0 Å². The SMILES string of the molecule is C1=CC2N=C(c3cccc(C4=NC5C=CC(N6CCCC6)=CC5=N4)n3)N=C2C=C1N1CCCC1.[Cl-].[Cl-].[Co+2]. The summed E-state index contributed by atoms with van der Waals surface area (Å²) in [4.78, 5) is 29.1. The molecule has 2 unspecified atom stereocenters. The zero-order valence-electron chi connectivity index (χ0n) is 20.2. The molecule has 0 aromatic carbocycles. The average Bonchev–Trinajstić information content (AvgIpc) is 3.69. The molecule has 10 heteroatoms. The van der Waals surface area contributed by atoms with Crippen LogP contribution in [0, 0.1) is 0 Å². The van der Waals surface area contributed by atoms with Crippen molar-refractivity contribution in [3.05, 3.63) is 77.4 Å². The average molecular weight is 579 g/mol. The van der Waals surface area contributed by atoms with E-state index in [0.717, 1.165) is 49.0 Å². The molecule has 6 aliphatic rings. The number of fused-ring (bicyclic) bond motifs is 2. The summed E-state index contributed by atoms with van der Waals surface area (Å²) in [5.74, 6) is 1.37. The number of amidine groups is 2. The molecular weight excluding hydrogens is 552 g/mol. The largest absolute Gasteiger partial charge is 2.00 e. The van der Waals surface area contributed by atoms with Crippen LogP contribution >= 0.6 is 0 Å². The first-order valence-corrected chi connectivity index (χ1v) is 12.4. The molecule has 5 heterocycles. The first-order valence-electron chi connectivity index (χ1n) is 12.4. The summed E-state index contributed by atoms with van der Waals surface area (Å²) in [5.41, 5.74) is 6.04. The second kappa shape index (κ2) is 11.5. The maximum atomic E-state index is 4.86. The molecule has 0 N–H and O–H groups in total. The van der Waals surface area contributed by atoms with Crippen molar-refractivity contribution < 1.29 is 41.6 Å². The van der Waals surface area contributed by atoms with Gasteiger partial charge in [0.05, 0.1) is 11.4 Å². The number of rotatable bonds is 4. The van der Waals surface area contributed by atoms with E-state index in [2.05, 4.69) is 46.3 Å². The van der Waals surface area contributed by atoms with Crippen molar-refractivity contribution in [1.29, 1.82) is 0 Å². The predicted molar refractivity (Wildman–Crippen MR) is 136 cm³/mol. The fraction of sp³-hybridized carbons (Fsp3) is 0.370. The number of likely N-dealkylation sites (tertiary alicyclic amines) is 2. The summed E-state index contributed by atoms with van der Waals surface area (Å²) in [7, 11) is 0. The normalized spacial score (nSPS) is 25.0. The van der Waals surface area contributed by atoms with Gasteiger partial charge in [-0.25, -0.2) is 15.0 Å². The van der Waals surface area contributed by atoms with Gasteiger partial charge in [-0.3, -0.25) is 9.98 Å². The van der Waals surface area contributed by atoms with Crippen molar-refractivity contribution in [1.82, 2.24) is 14.8 Å². The van der Waals surface area contributed by atoms with E-state index in [-0.39, 0.29) is 53.7 Å². The van der Waals surface area contributed by atoms with E-state index >= 15 is 0 Å². The molecule has 193 valence electrons. The van der Waals surface area contributed by atoms with Gasteiger partial charge in [0.25, 0.3) is 0 Å². The van der Waals surface area contributed by atoms with Crippen molar-refractivity contribution in [2.75, 3.05) is 26.2 Å². The van der Waals surface area contributed by atoms with E-state index in [1.165, 1.54) is 37.1 Å². The van der Waals surface area contributed by atoms with Crippen LogP contribution in [0.25, 0.3) is 0 Å². The molecular formula is C27H27Cl2CoN7. The quantitative estimate of drug-likeness (QED) is 0.391. The molecule has 7 nitrogen and oxygen atoms in total. The third-order valence-corrected chi connectivity index (χ3v) is 7.24. The van der Waals surface area contributed by atoms with Gasteiger partial charge in [-0.05, 0) is 62.1 Å². The van der Waals surface area contributed by atoms with E-state index in [9.17, 15) is 0 Å². The number of allylic oxidation sites excluding steroid dienone is 2. The van der Waals surface area contributed by atoms with Crippen molar-refractivity contribution >= 4 is 23.1 Å². The molecule has 1 aromatic heterocycles. The minimum absolute atomic E-state index is 0. The number of pyridine rings is 1. The van der Waals surface area contributed by atoms with Crippen LogP contribution < -0.4 is 24.8 Å². The Hall–Kier alpha value is -2.52. The molecule has 37 heavy (non-hydrogen) atoms. The van der Waals surface area contributed by atoms with Gasteiger partial charge in [0.1, 0.15) is 23.5 Å². The third-order valence-electron chi connectivity index (χ3n) is 7.24. The number of halogens is 2. The first-order chi connectivity index (χ1) is 16.8. The predicted octanol–water partition coefficient (Wildman–Crippen LogP) is -2.67. The first kappa shape index (κ1) is 27.5. The zero-order valence-corrected chi connectivity index (χ0v) is 22.8. The maximum absolute atomic E-state index is 4.86. The fourth-order valence-electron chi connectivity index (χ4n) is 5.40. The van der Waals surface area contributed by atoms with Gasteiger partial charge in [0.2, 0.25) is 0 Å². The molecule has 7 rings (SSSR count). The Morgan fingerprint density at radius 2 is 1.08 bits per heavy atom. The third kappa shape index (κ3) is 5.25. The maximum Gasteiger partial charge on any atom is 2.00 e. The van der Waals surface area contributed by atoms with Crippen LogP contribution in [-0.2, 0) is 16.8 Å². The number of aromatic nitrogens is 1. The van der Waals surface area contributed by atoms with Crippen LogP contribution in [0.2, 0.25) is 0 Å². The van der Waals surface area contributed by atoms with E-state index in [1.54, 1.807) is 0 Å². The Bertz CT molecular complexity index is 1200. The Morgan fingerprint density at radius 3 is 1.51 bits per heavy atom. The number of aliphatic imine (C=N–C) groups is 4. The van der Waals surface area contributed by atoms with Gasteiger partial charge in [-0.1, -0.05) is 18.2 Å². The van der Waals surface area contributed by atoms with Crippen molar-refractivity contribution in [2.24, 2.45) is 20.0 Å². The topological polar surface area (TPSA) is 68.8 Å². The molecule has 0 spiro atoms. The summed E-state index contributed by atoms with van der Waals surface area (Å²) in [6.07, 6.45) is 18.1. The van der Waals surface area contributed by atoms with E-state index in [1.807, 2.05) is 18.2 Å². The minimum atomic E-state index is -0.0157. The molecule has 4 aliphatic heterocycles. The molecule has 1 aromatic rings. The second-order valence-corrected chi connectivity index (χ2v) is 9.52. The van der Waals surface area contributed by atoms with Gasteiger partial charge < -0.3 is 34.6 Å². The molecule has 0 amide bonds. The van der Waals surface area contributed by atoms with Crippen LogP contribution in [0.5, 0.6) is 0 Å². The second-order valence-electron chi connectivity index (χ2n) is 9.52. The number of hydrogen-bond donors (Lipinski definition) is 0. The monoisotopic (exact) mass is 578 g/mol. The van der Waals surface area contributed by atoms with Crippen LogP contribution in [0.4, 0.5) is 0 Å². The van der Waals surface area contributed by atoms with E-state index < -0.39 is 0 Å². The Morgan fingerprint density at radius 1 is 0.649 bits per heavy atom. The molecule has 0 saturated carbocycles. The van der Waals surface area contributed by atoms with Crippen LogP contribution in [-0.4, -0.2) is 76.1 Å². The molecule has 0 bridgehead atoms. The molecule has 2 saturated heterocycles. The number of hydrogen-bond acceptors (Lipinski definition) is 7. The van der Waals surface area contributed by atoms with Crippen LogP contribution in [0.1, 0.15) is 37.1 Å². The van der Waals surface area contributed by atoms with Crippen molar-refractivity contribution in [3.8, 4) is 0 Å². The minimum Gasteiger partial charge on any atom is -1.00 e. The van der Waals surface area contributed by atoms with Gasteiger partial charge in [0.15, 0.2) is 11.7 Å². The van der Waals surface area contributed by atoms with E-state index in [4.69, 9.17) is 25.0 Å². The molecule has 2 fully saturated rings. The summed E-state index contributed by atoms with van der Waals surface area (Å²) in [5, 5.41) is 0. The molecule has 2 aliphatic carbocycles. The molecule has 1 radical (unpaired) electrons. The van der Waals surface area contributed by atoms with Crippen LogP contribution in [0.3, 0.4) is 0 Å². The summed E-state index contributed by atoms with van der Waals surface area (Å²) in [6, 6.07) is 5.91. The Kier molecular flexibility index (Phi) is 8.53. The zero-order chi connectivity index (χ0) is 22.5. The molecule has 2 atom stereocenters. The van der Waals surface area contributed by atoms with Crippen LogP contribution in [0.15, 0.2) is 86.0 Å². The Balaban J connectivity index is 0.00000107. The fourth-order valence-corrected chi connectivity index (χ4v) is 5.40. The van der Waals surface area contributed by atoms with Gasteiger partial charge in [0, 0.05) is 37.6 Å². The summed E-state index contributed by atoms with van der Waals surface area (Å²) >= 11 is 0. The van der Waals surface area contributed by atoms with Gasteiger partial charge >= 0.3 is 16.8 Å². The standard InChI is InChI=1S/C27H27N7.2ClH.Co/c1-2-13-33(12-1)18-8-10-20-24(16-18)31-26(29-20)22-6-5-7-23(28-22)27-30-21-11-9-19(17-25(21)32-27)34-14-3-4-15-34;;;/h5-11,16-17,20-21H,1-4,12-15H2;2*1H;/q;;;+2/p-2. The number of nitrogens with zero attached hydrogens (tertiary/aromatic N) is 7. The smallest absolute Gasteiger partial charge is 1.00 e. The van der Waals surface area contributed by atoms with Crippen molar-refractivity contribution in [3.63, 3.8) is 0 Å². The van der Waals surface area contributed by atoms with E-state index in [0.29, 0.717) is 11.7 Å². The summed E-state index contributed by atoms with van der Waals surface area (Å²) in [6.45, 7) is 4.50. The van der Waals surface area contributed by atoms with Gasteiger partial charge in [-0.2, -0.15) is 0 Å². The Labute approximate surface area is 240 Å².